The van der Waals surface area contributed by atoms with Crippen LogP contribution in [0.15, 0.2) is 30.6 Å². The molecule has 0 unspecified atom stereocenters. The Morgan fingerprint density at radius 1 is 1.45 bits per heavy atom. The Balaban J connectivity index is 2.10. The fourth-order valence-electron chi connectivity index (χ4n) is 1.96. The number of nitro groups is 1. The van der Waals surface area contributed by atoms with Gasteiger partial charge < -0.3 is 5.32 Å². The zero-order chi connectivity index (χ0) is 14.7. The van der Waals surface area contributed by atoms with E-state index in [9.17, 15) is 10.1 Å². The number of anilines is 1. The number of aromatic nitrogens is 2. The lowest BCUT2D eigenvalue weighted by Gasteiger charge is -2.08. The van der Waals surface area contributed by atoms with Gasteiger partial charge in [-0.05, 0) is 26.8 Å². The summed E-state index contributed by atoms with van der Waals surface area (Å²) in [6.07, 6.45) is 3.78. The topological polar surface area (TPSA) is 73.0 Å². The largest absolute Gasteiger partial charge is 0.380 e. The molecule has 0 atom stereocenters. The van der Waals surface area contributed by atoms with Crippen LogP contribution in [-0.4, -0.2) is 14.7 Å². The van der Waals surface area contributed by atoms with Crippen LogP contribution in [0.25, 0.3) is 0 Å². The van der Waals surface area contributed by atoms with Gasteiger partial charge in [0.1, 0.15) is 0 Å². The van der Waals surface area contributed by atoms with E-state index in [2.05, 4.69) is 24.3 Å². The first-order valence-corrected chi connectivity index (χ1v) is 6.50. The highest BCUT2D eigenvalue weighted by molar-refractivity contribution is 5.59. The van der Waals surface area contributed by atoms with Gasteiger partial charge in [0.15, 0.2) is 0 Å². The van der Waals surface area contributed by atoms with Gasteiger partial charge in [0.2, 0.25) is 0 Å². The normalized spacial score (nSPS) is 10.8. The highest BCUT2D eigenvalue weighted by Gasteiger charge is 2.13. The van der Waals surface area contributed by atoms with Crippen molar-refractivity contribution in [2.75, 3.05) is 5.32 Å². The second-order valence-electron chi connectivity index (χ2n) is 4.98. The van der Waals surface area contributed by atoms with Crippen molar-refractivity contribution in [2.45, 2.75) is 33.4 Å². The van der Waals surface area contributed by atoms with E-state index in [1.54, 1.807) is 19.2 Å². The summed E-state index contributed by atoms with van der Waals surface area (Å²) in [5.74, 6) is 0. The van der Waals surface area contributed by atoms with Crippen molar-refractivity contribution in [3.05, 3.63) is 51.8 Å². The molecule has 2 aromatic rings. The van der Waals surface area contributed by atoms with Gasteiger partial charge in [0.25, 0.3) is 5.69 Å². The third-order valence-electron chi connectivity index (χ3n) is 3.17. The molecule has 1 N–H and O–H groups in total. The molecule has 0 fully saturated rings. The van der Waals surface area contributed by atoms with Crippen molar-refractivity contribution in [2.24, 2.45) is 0 Å². The van der Waals surface area contributed by atoms with Crippen LogP contribution >= 0.6 is 0 Å². The van der Waals surface area contributed by atoms with Crippen LogP contribution in [0, 0.1) is 17.0 Å². The molecule has 0 spiro atoms. The Bertz CT molecular complexity index is 619. The molecule has 106 valence electrons. The molecule has 0 aliphatic carbocycles. The lowest BCUT2D eigenvalue weighted by Crippen LogP contribution is -2.03. The Morgan fingerprint density at radius 3 is 2.80 bits per heavy atom. The molecule has 0 aliphatic rings. The standard InChI is InChI=1S/C14H18N4O2/c1-10(2)17-9-12(8-16-17)7-15-13-5-4-6-14(11(13)3)18(19)20/h4-6,8-10,15H,7H2,1-3H3. The first kappa shape index (κ1) is 14.0. The molecule has 0 bridgehead atoms. The average molecular weight is 274 g/mol. The van der Waals surface area contributed by atoms with Crippen molar-refractivity contribution in [1.29, 1.82) is 0 Å². The van der Waals surface area contributed by atoms with E-state index in [-0.39, 0.29) is 10.6 Å². The minimum absolute atomic E-state index is 0.132. The van der Waals surface area contributed by atoms with Crippen LogP contribution in [0.2, 0.25) is 0 Å². The Hall–Kier alpha value is -2.37. The fourth-order valence-corrected chi connectivity index (χ4v) is 1.96. The molecule has 0 saturated heterocycles. The smallest absolute Gasteiger partial charge is 0.274 e. The van der Waals surface area contributed by atoms with E-state index >= 15 is 0 Å². The number of rotatable bonds is 5. The van der Waals surface area contributed by atoms with Crippen molar-refractivity contribution >= 4 is 11.4 Å². The predicted octanol–water partition coefficient (Wildman–Crippen LogP) is 3.29. The van der Waals surface area contributed by atoms with Crippen LogP contribution in [0.3, 0.4) is 0 Å². The summed E-state index contributed by atoms with van der Waals surface area (Å²) in [6.45, 7) is 6.47. The molecule has 0 amide bonds. The van der Waals surface area contributed by atoms with Crippen molar-refractivity contribution < 1.29 is 4.92 Å². The van der Waals surface area contributed by atoms with Gasteiger partial charge in [-0.25, -0.2) is 0 Å². The van der Waals surface area contributed by atoms with Crippen LogP contribution < -0.4 is 5.32 Å². The molecular formula is C14H18N4O2. The molecule has 20 heavy (non-hydrogen) atoms. The number of nitro benzene ring substituents is 1. The second-order valence-corrected chi connectivity index (χ2v) is 4.98. The maximum Gasteiger partial charge on any atom is 0.274 e. The van der Waals surface area contributed by atoms with Crippen LogP contribution in [-0.2, 0) is 6.54 Å². The molecule has 6 nitrogen and oxygen atoms in total. The van der Waals surface area contributed by atoms with E-state index in [1.807, 2.05) is 16.9 Å². The van der Waals surface area contributed by atoms with Gasteiger partial charge in [-0.15, -0.1) is 0 Å². The minimum Gasteiger partial charge on any atom is -0.380 e. The van der Waals surface area contributed by atoms with E-state index < -0.39 is 0 Å². The summed E-state index contributed by atoms with van der Waals surface area (Å²) in [5, 5.41) is 18.4. The number of hydrogen-bond acceptors (Lipinski definition) is 4. The molecule has 1 aromatic carbocycles. The Labute approximate surface area is 117 Å². The van der Waals surface area contributed by atoms with E-state index in [0.29, 0.717) is 18.2 Å². The molecule has 0 radical (unpaired) electrons. The SMILES string of the molecule is Cc1c(NCc2cnn(C(C)C)c2)cccc1[N+](=O)[O-]. The molecular weight excluding hydrogens is 256 g/mol. The minimum atomic E-state index is -0.364. The molecule has 0 aliphatic heterocycles. The summed E-state index contributed by atoms with van der Waals surface area (Å²) in [7, 11) is 0. The first-order valence-electron chi connectivity index (χ1n) is 6.50. The number of nitrogens with one attached hydrogen (secondary N) is 1. The molecule has 2 rings (SSSR count). The van der Waals surface area contributed by atoms with Crippen LogP contribution in [0.4, 0.5) is 11.4 Å². The summed E-state index contributed by atoms with van der Waals surface area (Å²) >= 11 is 0. The third kappa shape index (κ3) is 2.96. The number of benzene rings is 1. The van der Waals surface area contributed by atoms with Gasteiger partial charge in [-0.3, -0.25) is 14.8 Å². The van der Waals surface area contributed by atoms with Crippen LogP contribution in [0.1, 0.15) is 31.0 Å². The second kappa shape index (κ2) is 5.73. The Morgan fingerprint density at radius 2 is 2.20 bits per heavy atom. The van der Waals surface area contributed by atoms with E-state index in [0.717, 1.165) is 11.3 Å². The summed E-state index contributed by atoms with van der Waals surface area (Å²) in [4.78, 5) is 10.5. The van der Waals surface area contributed by atoms with Gasteiger partial charge in [0.05, 0.1) is 11.1 Å². The summed E-state index contributed by atoms with van der Waals surface area (Å²) < 4.78 is 1.89. The summed E-state index contributed by atoms with van der Waals surface area (Å²) in [5.41, 5.74) is 2.60. The van der Waals surface area contributed by atoms with Crippen molar-refractivity contribution in [1.82, 2.24) is 9.78 Å². The molecule has 1 heterocycles. The number of nitrogens with zero attached hydrogens (tertiary/aromatic N) is 3. The third-order valence-corrected chi connectivity index (χ3v) is 3.17. The van der Waals surface area contributed by atoms with Crippen molar-refractivity contribution in [3.63, 3.8) is 0 Å². The highest BCUT2D eigenvalue weighted by Crippen LogP contribution is 2.25. The van der Waals surface area contributed by atoms with Gasteiger partial charge in [0, 0.05) is 41.7 Å². The fraction of sp³-hybridized carbons (Fsp3) is 0.357. The average Bonchev–Trinajstić information content (AvgIpc) is 2.86. The van der Waals surface area contributed by atoms with Crippen molar-refractivity contribution in [3.8, 4) is 0 Å². The highest BCUT2D eigenvalue weighted by atomic mass is 16.6. The maximum atomic E-state index is 10.9. The van der Waals surface area contributed by atoms with E-state index in [1.165, 1.54) is 6.07 Å². The van der Waals surface area contributed by atoms with Crippen LogP contribution in [0.5, 0.6) is 0 Å². The molecule has 1 aromatic heterocycles. The molecule has 0 saturated carbocycles. The summed E-state index contributed by atoms with van der Waals surface area (Å²) in [6, 6.07) is 5.36. The zero-order valence-electron chi connectivity index (χ0n) is 11.8. The zero-order valence-corrected chi connectivity index (χ0v) is 11.8. The van der Waals surface area contributed by atoms with Gasteiger partial charge >= 0.3 is 0 Å². The number of hydrogen-bond donors (Lipinski definition) is 1. The Kier molecular flexibility index (Phi) is 4.02. The maximum absolute atomic E-state index is 10.9. The van der Waals surface area contributed by atoms with Gasteiger partial charge in [-0.2, -0.15) is 5.10 Å². The lowest BCUT2D eigenvalue weighted by molar-refractivity contribution is -0.385. The predicted molar refractivity (Wildman–Crippen MR) is 77.8 cm³/mol. The monoisotopic (exact) mass is 274 g/mol. The molecule has 6 heteroatoms. The quantitative estimate of drug-likeness (QED) is 0.670. The van der Waals surface area contributed by atoms with Gasteiger partial charge in [-0.1, -0.05) is 6.07 Å². The lowest BCUT2D eigenvalue weighted by atomic mass is 10.1. The first-order chi connectivity index (χ1) is 9.49. The van der Waals surface area contributed by atoms with E-state index in [4.69, 9.17) is 0 Å².